The highest BCUT2D eigenvalue weighted by Crippen LogP contribution is 2.38. The summed E-state index contributed by atoms with van der Waals surface area (Å²) in [4.78, 5) is 12.0. The van der Waals surface area contributed by atoms with E-state index in [4.69, 9.17) is 16.3 Å². The summed E-state index contributed by atoms with van der Waals surface area (Å²) < 4.78 is 5.93. The van der Waals surface area contributed by atoms with E-state index in [0.717, 1.165) is 0 Å². The van der Waals surface area contributed by atoms with Gasteiger partial charge in [-0.05, 0) is 31.0 Å². The second-order valence-electron chi connectivity index (χ2n) is 4.81. The molecule has 1 aliphatic heterocycles. The first-order valence-corrected chi connectivity index (χ1v) is 5.82. The van der Waals surface area contributed by atoms with Gasteiger partial charge in [-0.3, -0.25) is 4.79 Å². The second-order valence-corrected chi connectivity index (χ2v) is 5.25. The highest BCUT2D eigenvalue weighted by atomic mass is 35.5. The highest BCUT2D eigenvalue weighted by molar-refractivity contribution is 6.31. The molecule has 0 N–H and O–H groups in total. The van der Waals surface area contributed by atoms with Gasteiger partial charge in [-0.25, -0.2) is 0 Å². The van der Waals surface area contributed by atoms with E-state index < -0.39 is 5.60 Å². The van der Waals surface area contributed by atoms with Crippen molar-refractivity contribution >= 4 is 17.4 Å². The summed E-state index contributed by atoms with van der Waals surface area (Å²) in [5.41, 5.74) is 0.198. The Morgan fingerprint density at radius 3 is 2.75 bits per heavy atom. The molecule has 2 nitrogen and oxygen atoms in total. The van der Waals surface area contributed by atoms with E-state index in [-0.39, 0.29) is 5.78 Å². The number of ketones is 1. The third-order valence-corrected chi connectivity index (χ3v) is 3.55. The molecule has 16 heavy (non-hydrogen) atoms. The summed E-state index contributed by atoms with van der Waals surface area (Å²) in [5.74, 6) is 1.05. The van der Waals surface area contributed by atoms with Gasteiger partial charge in [0.05, 0.1) is 12.0 Å². The Hall–Kier alpha value is -1.02. The topological polar surface area (TPSA) is 26.3 Å². The molecule has 1 atom stereocenters. The van der Waals surface area contributed by atoms with Crippen LogP contribution in [0.1, 0.15) is 37.6 Å². The predicted molar refractivity (Wildman–Crippen MR) is 64.3 cm³/mol. The number of carbonyl (C=O) groups is 1. The minimum absolute atomic E-state index is 0.111. The van der Waals surface area contributed by atoms with E-state index in [1.54, 1.807) is 18.2 Å². The number of fused-ring (bicyclic) bond motifs is 1. The minimum atomic E-state index is -0.405. The van der Waals surface area contributed by atoms with Gasteiger partial charge in [0.2, 0.25) is 0 Å². The smallest absolute Gasteiger partial charge is 0.170 e. The molecule has 0 radical (unpaired) electrons. The van der Waals surface area contributed by atoms with Gasteiger partial charge in [0.25, 0.3) is 0 Å². The third-order valence-electron chi connectivity index (χ3n) is 3.32. The van der Waals surface area contributed by atoms with Crippen LogP contribution in [0.3, 0.4) is 0 Å². The van der Waals surface area contributed by atoms with Crippen molar-refractivity contribution < 1.29 is 9.53 Å². The minimum Gasteiger partial charge on any atom is -0.486 e. The Bertz CT molecular complexity index is 440. The Morgan fingerprint density at radius 2 is 2.12 bits per heavy atom. The van der Waals surface area contributed by atoms with Crippen molar-refractivity contribution in [3.63, 3.8) is 0 Å². The lowest BCUT2D eigenvalue weighted by atomic mass is 9.83. The maximum absolute atomic E-state index is 12.0. The number of benzene rings is 1. The molecule has 0 bridgehead atoms. The average Bonchev–Trinajstić information content (AvgIpc) is 2.19. The molecule has 0 fully saturated rings. The Labute approximate surface area is 101 Å². The summed E-state index contributed by atoms with van der Waals surface area (Å²) in [6.07, 6.45) is 0.415. The molecule has 1 heterocycles. The third kappa shape index (κ3) is 1.82. The maximum atomic E-state index is 12.0. The van der Waals surface area contributed by atoms with E-state index in [1.807, 2.05) is 6.92 Å². The van der Waals surface area contributed by atoms with Crippen LogP contribution >= 0.6 is 11.6 Å². The molecule has 2 rings (SSSR count). The second kappa shape index (κ2) is 3.77. The van der Waals surface area contributed by atoms with Crippen LogP contribution in [0.25, 0.3) is 0 Å². The average molecular weight is 239 g/mol. The fourth-order valence-corrected chi connectivity index (χ4v) is 2.00. The Kier molecular flexibility index (Phi) is 2.70. The summed E-state index contributed by atoms with van der Waals surface area (Å²) in [7, 11) is 0. The van der Waals surface area contributed by atoms with Crippen molar-refractivity contribution in [1.29, 1.82) is 0 Å². The SMILES string of the molecule is CC(C)C1(C)CC(=O)c2cc(Cl)ccc2O1. The number of rotatable bonds is 1. The monoisotopic (exact) mass is 238 g/mol. The van der Waals surface area contributed by atoms with Gasteiger partial charge in [-0.2, -0.15) is 0 Å². The number of carbonyl (C=O) groups excluding carboxylic acids is 1. The fraction of sp³-hybridized carbons (Fsp3) is 0.462. The Balaban J connectivity index is 2.45. The molecule has 86 valence electrons. The van der Waals surface area contributed by atoms with Crippen LogP contribution in [0, 0.1) is 5.92 Å². The molecule has 0 spiro atoms. The summed E-state index contributed by atoms with van der Waals surface area (Å²) in [6.45, 7) is 6.11. The van der Waals surface area contributed by atoms with Crippen molar-refractivity contribution in [1.82, 2.24) is 0 Å². The quantitative estimate of drug-likeness (QED) is 0.745. The van der Waals surface area contributed by atoms with Gasteiger partial charge in [0, 0.05) is 5.02 Å². The van der Waals surface area contributed by atoms with Gasteiger partial charge in [-0.15, -0.1) is 0 Å². The van der Waals surface area contributed by atoms with Crippen LogP contribution in [0.2, 0.25) is 5.02 Å². The van der Waals surface area contributed by atoms with Crippen LogP contribution in [0.5, 0.6) is 5.75 Å². The molecular formula is C13H15ClO2. The lowest BCUT2D eigenvalue weighted by molar-refractivity contribution is 0.0212. The zero-order valence-corrected chi connectivity index (χ0v) is 10.5. The van der Waals surface area contributed by atoms with Crippen LogP contribution in [0.15, 0.2) is 18.2 Å². The first kappa shape index (κ1) is 11.5. The molecule has 1 aromatic rings. The number of hydrogen-bond donors (Lipinski definition) is 0. The van der Waals surface area contributed by atoms with E-state index in [0.29, 0.717) is 28.7 Å². The zero-order chi connectivity index (χ0) is 11.9. The fourth-order valence-electron chi connectivity index (χ4n) is 1.83. The highest BCUT2D eigenvalue weighted by Gasteiger charge is 2.38. The van der Waals surface area contributed by atoms with Crippen molar-refractivity contribution in [3.8, 4) is 5.75 Å². The van der Waals surface area contributed by atoms with Crippen molar-refractivity contribution in [2.24, 2.45) is 5.92 Å². The molecular weight excluding hydrogens is 224 g/mol. The summed E-state index contributed by atoms with van der Waals surface area (Å²) in [6, 6.07) is 5.20. The molecule has 0 amide bonds. The normalized spacial score (nSPS) is 24.2. The van der Waals surface area contributed by atoms with Gasteiger partial charge in [0.1, 0.15) is 11.4 Å². The van der Waals surface area contributed by atoms with Crippen molar-refractivity contribution in [3.05, 3.63) is 28.8 Å². The van der Waals surface area contributed by atoms with Crippen molar-refractivity contribution in [2.45, 2.75) is 32.8 Å². The lowest BCUT2D eigenvalue weighted by Gasteiger charge is -2.38. The molecule has 0 aromatic heterocycles. The lowest BCUT2D eigenvalue weighted by Crippen LogP contribution is -2.43. The first-order chi connectivity index (χ1) is 7.42. The van der Waals surface area contributed by atoms with Gasteiger partial charge in [0.15, 0.2) is 5.78 Å². The van der Waals surface area contributed by atoms with Gasteiger partial charge in [-0.1, -0.05) is 25.4 Å². The van der Waals surface area contributed by atoms with Crippen LogP contribution in [0.4, 0.5) is 0 Å². The summed E-state index contributed by atoms with van der Waals surface area (Å²) >= 11 is 5.87. The number of halogens is 1. The number of Topliss-reactive ketones (excluding diaryl/α,β-unsaturated/α-hetero) is 1. The molecule has 3 heteroatoms. The molecule has 0 saturated heterocycles. The van der Waals surface area contributed by atoms with E-state index in [1.165, 1.54) is 0 Å². The van der Waals surface area contributed by atoms with Gasteiger partial charge < -0.3 is 4.74 Å². The van der Waals surface area contributed by atoms with Gasteiger partial charge >= 0.3 is 0 Å². The maximum Gasteiger partial charge on any atom is 0.170 e. The van der Waals surface area contributed by atoms with Crippen molar-refractivity contribution in [2.75, 3.05) is 0 Å². The van der Waals surface area contributed by atoms with Crippen LogP contribution < -0.4 is 4.74 Å². The zero-order valence-electron chi connectivity index (χ0n) is 9.71. The Morgan fingerprint density at radius 1 is 1.44 bits per heavy atom. The number of ether oxygens (including phenoxy) is 1. The molecule has 1 aromatic carbocycles. The van der Waals surface area contributed by atoms with Crippen LogP contribution in [-0.4, -0.2) is 11.4 Å². The molecule has 0 saturated carbocycles. The number of hydrogen-bond acceptors (Lipinski definition) is 2. The first-order valence-electron chi connectivity index (χ1n) is 5.44. The van der Waals surface area contributed by atoms with Crippen LogP contribution in [-0.2, 0) is 0 Å². The largest absolute Gasteiger partial charge is 0.486 e. The molecule has 1 aliphatic rings. The molecule has 1 unspecified atom stereocenters. The van der Waals surface area contributed by atoms with E-state index in [9.17, 15) is 4.79 Å². The standard InChI is InChI=1S/C13H15ClO2/c1-8(2)13(3)7-11(15)10-6-9(14)4-5-12(10)16-13/h4-6,8H,7H2,1-3H3. The summed E-state index contributed by atoms with van der Waals surface area (Å²) in [5, 5.41) is 0.573. The van der Waals surface area contributed by atoms with E-state index in [2.05, 4.69) is 13.8 Å². The molecule has 0 aliphatic carbocycles. The predicted octanol–water partition coefficient (Wildman–Crippen LogP) is 3.72. The van der Waals surface area contributed by atoms with E-state index >= 15 is 0 Å².